The van der Waals surface area contributed by atoms with Crippen LogP contribution in [0.3, 0.4) is 0 Å². The van der Waals surface area contributed by atoms with E-state index in [4.69, 9.17) is 4.42 Å². The third kappa shape index (κ3) is 3.28. The molecule has 0 radical (unpaired) electrons. The van der Waals surface area contributed by atoms with Crippen LogP contribution in [-0.2, 0) is 13.0 Å². The van der Waals surface area contributed by atoms with Crippen LogP contribution in [0.2, 0.25) is 0 Å². The summed E-state index contributed by atoms with van der Waals surface area (Å²) in [6, 6.07) is 8.92. The minimum atomic E-state index is -0.0950. The van der Waals surface area contributed by atoms with Gasteiger partial charge >= 0.3 is 0 Å². The van der Waals surface area contributed by atoms with Crippen LogP contribution in [0.25, 0.3) is 0 Å². The standard InChI is InChI=1S/C14H17NO3/c1-10(7-12-3-2-6-18-12)15-9-11-4-5-13(16)14(17)8-11/h2-6,8,10,15-17H,7,9H2,1H3. The molecule has 96 valence electrons. The monoisotopic (exact) mass is 247 g/mol. The fraction of sp³-hybridized carbons (Fsp3) is 0.286. The maximum absolute atomic E-state index is 9.38. The Morgan fingerprint density at radius 1 is 1.22 bits per heavy atom. The van der Waals surface area contributed by atoms with Crippen LogP contribution in [-0.4, -0.2) is 16.3 Å². The Morgan fingerprint density at radius 2 is 2.06 bits per heavy atom. The fourth-order valence-corrected chi connectivity index (χ4v) is 1.77. The highest BCUT2D eigenvalue weighted by molar-refractivity contribution is 5.40. The Kier molecular flexibility index (Phi) is 3.89. The molecular formula is C14H17NO3. The first-order valence-corrected chi connectivity index (χ1v) is 5.92. The molecule has 1 heterocycles. The third-order valence-corrected chi connectivity index (χ3v) is 2.78. The van der Waals surface area contributed by atoms with Gasteiger partial charge in [0, 0.05) is 19.0 Å². The van der Waals surface area contributed by atoms with Crippen molar-refractivity contribution in [3.05, 3.63) is 47.9 Å². The summed E-state index contributed by atoms with van der Waals surface area (Å²) in [6.07, 6.45) is 2.48. The molecule has 3 N–H and O–H groups in total. The maximum Gasteiger partial charge on any atom is 0.157 e. The number of aromatic hydroxyl groups is 2. The van der Waals surface area contributed by atoms with Crippen molar-refractivity contribution in [2.75, 3.05) is 0 Å². The summed E-state index contributed by atoms with van der Waals surface area (Å²) in [7, 11) is 0. The number of hydrogen-bond donors (Lipinski definition) is 3. The van der Waals surface area contributed by atoms with E-state index in [1.165, 1.54) is 6.07 Å². The Labute approximate surface area is 106 Å². The molecule has 0 bridgehead atoms. The van der Waals surface area contributed by atoms with E-state index in [-0.39, 0.29) is 17.5 Å². The highest BCUT2D eigenvalue weighted by atomic mass is 16.3. The lowest BCUT2D eigenvalue weighted by atomic mass is 10.1. The topological polar surface area (TPSA) is 65.6 Å². The molecule has 0 saturated heterocycles. The van der Waals surface area contributed by atoms with Gasteiger partial charge in [-0.2, -0.15) is 0 Å². The van der Waals surface area contributed by atoms with E-state index in [1.807, 2.05) is 12.1 Å². The number of phenols is 2. The number of furan rings is 1. The minimum absolute atomic E-state index is 0.0898. The molecule has 0 fully saturated rings. The lowest BCUT2D eigenvalue weighted by Crippen LogP contribution is -2.27. The van der Waals surface area contributed by atoms with E-state index in [9.17, 15) is 10.2 Å². The molecule has 0 spiro atoms. The first kappa shape index (κ1) is 12.5. The zero-order valence-corrected chi connectivity index (χ0v) is 10.3. The second-order valence-electron chi connectivity index (χ2n) is 4.39. The molecule has 1 unspecified atom stereocenters. The zero-order chi connectivity index (χ0) is 13.0. The van der Waals surface area contributed by atoms with Gasteiger partial charge < -0.3 is 19.9 Å². The zero-order valence-electron chi connectivity index (χ0n) is 10.3. The van der Waals surface area contributed by atoms with Gasteiger partial charge in [-0.3, -0.25) is 0 Å². The summed E-state index contributed by atoms with van der Waals surface area (Å²) in [5.74, 6) is 0.763. The highest BCUT2D eigenvalue weighted by Gasteiger charge is 2.06. The predicted octanol–water partition coefficient (Wildman–Crippen LogP) is 2.41. The molecule has 1 aromatic carbocycles. The Hall–Kier alpha value is -1.94. The van der Waals surface area contributed by atoms with Gasteiger partial charge in [0.05, 0.1) is 6.26 Å². The summed E-state index contributed by atoms with van der Waals surface area (Å²) in [5.41, 5.74) is 0.927. The van der Waals surface area contributed by atoms with Crippen LogP contribution in [0.4, 0.5) is 0 Å². The molecular weight excluding hydrogens is 230 g/mol. The van der Waals surface area contributed by atoms with Crippen LogP contribution >= 0.6 is 0 Å². The van der Waals surface area contributed by atoms with E-state index in [0.29, 0.717) is 6.54 Å². The summed E-state index contributed by atoms with van der Waals surface area (Å²) in [4.78, 5) is 0. The summed E-state index contributed by atoms with van der Waals surface area (Å²) in [6.45, 7) is 2.71. The van der Waals surface area contributed by atoms with Crippen LogP contribution in [0.1, 0.15) is 18.2 Å². The quantitative estimate of drug-likeness (QED) is 0.710. The van der Waals surface area contributed by atoms with E-state index in [1.54, 1.807) is 18.4 Å². The molecule has 0 aliphatic heterocycles. The number of hydrogen-bond acceptors (Lipinski definition) is 4. The van der Waals surface area contributed by atoms with Crippen molar-refractivity contribution in [2.45, 2.75) is 25.9 Å². The molecule has 2 rings (SSSR count). The molecule has 4 nitrogen and oxygen atoms in total. The summed E-state index contributed by atoms with van der Waals surface area (Å²) in [5, 5.41) is 21.9. The van der Waals surface area contributed by atoms with Crippen molar-refractivity contribution in [3.63, 3.8) is 0 Å². The molecule has 18 heavy (non-hydrogen) atoms. The van der Waals surface area contributed by atoms with Crippen LogP contribution in [0.5, 0.6) is 11.5 Å². The molecule has 1 aromatic heterocycles. The predicted molar refractivity (Wildman–Crippen MR) is 68.5 cm³/mol. The van der Waals surface area contributed by atoms with Crippen molar-refractivity contribution >= 4 is 0 Å². The minimum Gasteiger partial charge on any atom is -0.504 e. The average Bonchev–Trinajstić information content (AvgIpc) is 2.83. The molecule has 0 saturated carbocycles. The van der Waals surface area contributed by atoms with Crippen molar-refractivity contribution in [2.24, 2.45) is 0 Å². The number of rotatable bonds is 5. The Morgan fingerprint density at radius 3 is 2.72 bits per heavy atom. The normalized spacial score (nSPS) is 12.5. The third-order valence-electron chi connectivity index (χ3n) is 2.78. The number of benzene rings is 1. The second kappa shape index (κ2) is 5.60. The Bertz CT molecular complexity index is 494. The van der Waals surface area contributed by atoms with Crippen molar-refractivity contribution in [1.29, 1.82) is 0 Å². The van der Waals surface area contributed by atoms with Crippen LogP contribution < -0.4 is 5.32 Å². The van der Waals surface area contributed by atoms with E-state index >= 15 is 0 Å². The van der Waals surface area contributed by atoms with E-state index < -0.39 is 0 Å². The summed E-state index contributed by atoms with van der Waals surface area (Å²) < 4.78 is 5.28. The number of phenolic OH excluding ortho intramolecular Hbond substituents is 2. The molecule has 1 atom stereocenters. The van der Waals surface area contributed by atoms with Gasteiger partial charge in [0.25, 0.3) is 0 Å². The summed E-state index contributed by atoms with van der Waals surface area (Å²) >= 11 is 0. The van der Waals surface area contributed by atoms with Gasteiger partial charge in [-0.1, -0.05) is 6.07 Å². The van der Waals surface area contributed by atoms with Crippen LogP contribution in [0.15, 0.2) is 41.0 Å². The molecule has 0 aliphatic carbocycles. The lowest BCUT2D eigenvalue weighted by Gasteiger charge is -2.12. The van der Waals surface area contributed by atoms with Gasteiger partial charge in [-0.25, -0.2) is 0 Å². The molecule has 0 aliphatic rings. The van der Waals surface area contributed by atoms with Gasteiger partial charge in [0.2, 0.25) is 0 Å². The average molecular weight is 247 g/mol. The second-order valence-corrected chi connectivity index (χ2v) is 4.39. The lowest BCUT2D eigenvalue weighted by molar-refractivity contribution is 0.402. The van der Waals surface area contributed by atoms with Gasteiger partial charge in [0.15, 0.2) is 11.5 Å². The van der Waals surface area contributed by atoms with Crippen LogP contribution in [0, 0.1) is 0 Å². The highest BCUT2D eigenvalue weighted by Crippen LogP contribution is 2.24. The van der Waals surface area contributed by atoms with E-state index in [0.717, 1.165) is 17.7 Å². The van der Waals surface area contributed by atoms with Crippen molar-refractivity contribution in [1.82, 2.24) is 5.32 Å². The molecule has 0 amide bonds. The van der Waals surface area contributed by atoms with Gasteiger partial charge in [0.1, 0.15) is 5.76 Å². The van der Waals surface area contributed by atoms with E-state index in [2.05, 4.69) is 12.2 Å². The largest absolute Gasteiger partial charge is 0.504 e. The van der Waals surface area contributed by atoms with Crippen molar-refractivity contribution < 1.29 is 14.6 Å². The van der Waals surface area contributed by atoms with Crippen molar-refractivity contribution in [3.8, 4) is 11.5 Å². The maximum atomic E-state index is 9.38. The van der Waals surface area contributed by atoms with Gasteiger partial charge in [-0.15, -0.1) is 0 Å². The SMILES string of the molecule is CC(Cc1ccco1)NCc1ccc(O)c(O)c1. The van der Waals surface area contributed by atoms with Gasteiger partial charge in [-0.05, 0) is 36.8 Å². The fourth-order valence-electron chi connectivity index (χ4n) is 1.77. The number of nitrogens with one attached hydrogen (secondary N) is 1. The Balaban J connectivity index is 1.85. The molecule has 2 aromatic rings. The first-order chi connectivity index (χ1) is 8.65. The smallest absolute Gasteiger partial charge is 0.157 e. The first-order valence-electron chi connectivity index (χ1n) is 5.92. The molecule has 4 heteroatoms.